The van der Waals surface area contributed by atoms with Crippen molar-refractivity contribution in [3.05, 3.63) is 35.4 Å². The van der Waals surface area contributed by atoms with Crippen molar-refractivity contribution in [1.29, 1.82) is 0 Å². The standard InChI is InChI=1S/C13H16O5/c1-3-18-13(17)12(16)11(15)10-6-4-5-9(7-10)8(2)14/h4-7,11-12,15-16H,3H2,1-2H3. The van der Waals surface area contributed by atoms with Crippen molar-refractivity contribution >= 4 is 11.8 Å². The Bertz CT molecular complexity index is 441. The average Bonchev–Trinajstić information content (AvgIpc) is 2.37. The molecule has 0 saturated heterocycles. The van der Waals surface area contributed by atoms with Crippen LogP contribution in [0.2, 0.25) is 0 Å². The smallest absolute Gasteiger partial charge is 0.338 e. The zero-order chi connectivity index (χ0) is 13.7. The Morgan fingerprint density at radius 1 is 1.33 bits per heavy atom. The Morgan fingerprint density at radius 2 is 2.00 bits per heavy atom. The molecule has 2 N–H and O–H groups in total. The van der Waals surface area contributed by atoms with Crippen LogP contribution < -0.4 is 0 Å². The molecule has 98 valence electrons. The molecule has 18 heavy (non-hydrogen) atoms. The molecule has 1 aromatic carbocycles. The number of carbonyl (C=O) groups excluding carboxylic acids is 2. The van der Waals surface area contributed by atoms with E-state index in [0.717, 1.165) is 0 Å². The van der Waals surface area contributed by atoms with Gasteiger partial charge in [0.2, 0.25) is 0 Å². The third-order valence-electron chi connectivity index (χ3n) is 2.46. The van der Waals surface area contributed by atoms with Crippen LogP contribution in [0.3, 0.4) is 0 Å². The highest BCUT2D eigenvalue weighted by atomic mass is 16.5. The van der Waals surface area contributed by atoms with E-state index in [1.807, 2.05) is 0 Å². The number of aliphatic hydroxyl groups excluding tert-OH is 2. The quantitative estimate of drug-likeness (QED) is 0.599. The fourth-order valence-corrected chi connectivity index (χ4v) is 1.48. The summed E-state index contributed by atoms with van der Waals surface area (Å²) in [4.78, 5) is 22.5. The maximum Gasteiger partial charge on any atom is 0.338 e. The Kier molecular flexibility index (Phi) is 5.00. The largest absolute Gasteiger partial charge is 0.464 e. The van der Waals surface area contributed by atoms with Crippen LogP contribution in [0.5, 0.6) is 0 Å². The summed E-state index contributed by atoms with van der Waals surface area (Å²) in [6.45, 7) is 3.12. The molecule has 0 aliphatic carbocycles. The van der Waals surface area contributed by atoms with Crippen LogP contribution in [0, 0.1) is 0 Å². The lowest BCUT2D eigenvalue weighted by Gasteiger charge is -2.17. The van der Waals surface area contributed by atoms with E-state index in [2.05, 4.69) is 4.74 Å². The fraction of sp³-hybridized carbons (Fsp3) is 0.385. The van der Waals surface area contributed by atoms with Crippen molar-refractivity contribution < 1.29 is 24.5 Å². The first-order valence-corrected chi connectivity index (χ1v) is 5.61. The molecular weight excluding hydrogens is 236 g/mol. The zero-order valence-corrected chi connectivity index (χ0v) is 10.3. The number of ketones is 1. The SMILES string of the molecule is CCOC(=O)C(O)C(O)c1cccc(C(C)=O)c1. The van der Waals surface area contributed by atoms with Gasteiger partial charge in [0.1, 0.15) is 6.10 Å². The third kappa shape index (κ3) is 3.38. The summed E-state index contributed by atoms with van der Waals surface area (Å²) in [5.41, 5.74) is 0.700. The summed E-state index contributed by atoms with van der Waals surface area (Å²) in [6.07, 6.45) is -3.07. The molecule has 0 amide bonds. The van der Waals surface area contributed by atoms with Crippen LogP contribution in [0.25, 0.3) is 0 Å². The van der Waals surface area contributed by atoms with Crippen LogP contribution in [0.1, 0.15) is 35.9 Å². The summed E-state index contributed by atoms with van der Waals surface area (Å²) >= 11 is 0. The van der Waals surface area contributed by atoms with E-state index in [-0.39, 0.29) is 12.4 Å². The minimum atomic E-state index is -1.66. The van der Waals surface area contributed by atoms with Gasteiger partial charge in [-0.3, -0.25) is 4.79 Å². The van der Waals surface area contributed by atoms with E-state index in [0.29, 0.717) is 11.1 Å². The first-order valence-electron chi connectivity index (χ1n) is 5.61. The monoisotopic (exact) mass is 252 g/mol. The van der Waals surface area contributed by atoms with Gasteiger partial charge in [-0.2, -0.15) is 0 Å². The lowest BCUT2D eigenvalue weighted by Crippen LogP contribution is -2.30. The molecule has 0 heterocycles. The Labute approximate surface area is 105 Å². The summed E-state index contributed by atoms with van der Waals surface area (Å²) in [6, 6.07) is 6.14. The van der Waals surface area contributed by atoms with Gasteiger partial charge >= 0.3 is 5.97 Å². The zero-order valence-electron chi connectivity index (χ0n) is 10.3. The second-order valence-electron chi connectivity index (χ2n) is 3.82. The molecule has 1 aromatic rings. The number of hydrogen-bond donors (Lipinski definition) is 2. The number of esters is 1. The number of ether oxygens (including phenoxy) is 1. The molecule has 5 nitrogen and oxygen atoms in total. The molecule has 0 aliphatic rings. The van der Waals surface area contributed by atoms with Crippen molar-refractivity contribution in [3.8, 4) is 0 Å². The summed E-state index contributed by atoms with van der Waals surface area (Å²) in [5.74, 6) is -1.05. The van der Waals surface area contributed by atoms with E-state index in [1.165, 1.54) is 19.1 Å². The molecule has 5 heteroatoms. The van der Waals surface area contributed by atoms with Gasteiger partial charge in [-0.05, 0) is 25.5 Å². The van der Waals surface area contributed by atoms with Crippen LogP contribution in [-0.2, 0) is 9.53 Å². The van der Waals surface area contributed by atoms with Crippen LogP contribution >= 0.6 is 0 Å². The molecular formula is C13H16O5. The number of carbonyl (C=O) groups is 2. The van der Waals surface area contributed by atoms with E-state index >= 15 is 0 Å². The lowest BCUT2D eigenvalue weighted by atomic mass is 10.0. The van der Waals surface area contributed by atoms with Crippen molar-refractivity contribution in [2.45, 2.75) is 26.1 Å². The fourth-order valence-electron chi connectivity index (χ4n) is 1.48. The second kappa shape index (κ2) is 6.28. The molecule has 0 bridgehead atoms. The lowest BCUT2D eigenvalue weighted by molar-refractivity contribution is -0.159. The van der Waals surface area contributed by atoms with Gasteiger partial charge in [0.05, 0.1) is 6.61 Å². The minimum absolute atomic E-state index is 0.121. The van der Waals surface area contributed by atoms with Gasteiger partial charge in [-0.15, -0.1) is 0 Å². The van der Waals surface area contributed by atoms with E-state index < -0.39 is 18.2 Å². The van der Waals surface area contributed by atoms with Crippen molar-refractivity contribution in [2.75, 3.05) is 6.61 Å². The van der Waals surface area contributed by atoms with Crippen LogP contribution in [-0.4, -0.2) is 34.7 Å². The van der Waals surface area contributed by atoms with Gasteiger partial charge in [-0.1, -0.05) is 18.2 Å². The third-order valence-corrected chi connectivity index (χ3v) is 2.46. The summed E-state index contributed by atoms with van der Waals surface area (Å²) in [7, 11) is 0. The molecule has 0 spiro atoms. The van der Waals surface area contributed by atoms with Gasteiger partial charge in [-0.25, -0.2) is 4.79 Å². The highest BCUT2D eigenvalue weighted by molar-refractivity contribution is 5.94. The number of hydrogen-bond acceptors (Lipinski definition) is 5. The average molecular weight is 252 g/mol. The predicted molar refractivity (Wildman–Crippen MR) is 64.0 cm³/mol. The van der Waals surface area contributed by atoms with Crippen LogP contribution in [0.4, 0.5) is 0 Å². The molecule has 2 unspecified atom stereocenters. The van der Waals surface area contributed by atoms with Crippen molar-refractivity contribution in [3.63, 3.8) is 0 Å². The first-order chi connectivity index (χ1) is 8.47. The molecule has 0 aromatic heterocycles. The maximum atomic E-state index is 11.3. The van der Waals surface area contributed by atoms with Crippen molar-refractivity contribution in [1.82, 2.24) is 0 Å². The van der Waals surface area contributed by atoms with Gasteiger partial charge < -0.3 is 14.9 Å². The number of aliphatic hydroxyl groups is 2. The highest BCUT2D eigenvalue weighted by Crippen LogP contribution is 2.19. The summed E-state index contributed by atoms with van der Waals surface area (Å²) in [5, 5.41) is 19.4. The Balaban J connectivity index is 2.89. The van der Waals surface area contributed by atoms with Gasteiger partial charge in [0.15, 0.2) is 11.9 Å². The molecule has 0 radical (unpaired) electrons. The molecule has 1 rings (SSSR count). The topological polar surface area (TPSA) is 83.8 Å². The van der Waals surface area contributed by atoms with Gasteiger partial charge in [0.25, 0.3) is 0 Å². The molecule has 0 saturated carbocycles. The predicted octanol–water partition coefficient (Wildman–Crippen LogP) is 0.847. The Hall–Kier alpha value is -1.72. The highest BCUT2D eigenvalue weighted by Gasteiger charge is 2.27. The minimum Gasteiger partial charge on any atom is -0.464 e. The van der Waals surface area contributed by atoms with Crippen molar-refractivity contribution in [2.24, 2.45) is 0 Å². The number of benzene rings is 1. The Morgan fingerprint density at radius 3 is 2.56 bits per heavy atom. The maximum absolute atomic E-state index is 11.3. The summed E-state index contributed by atoms with van der Waals surface area (Å²) < 4.78 is 4.61. The van der Waals surface area contributed by atoms with E-state index in [9.17, 15) is 19.8 Å². The first kappa shape index (κ1) is 14.3. The van der Waals surface area contributed by atoms with E-state index in [4.69, 9.17) is 0 Å². The molecule has 2 atom stereocenters. The molecule has 0 aliphatic heterocycles. The normalized spacial score (nSPS) is 13.8. The van der Waals surface area contributed by atoms with E-state index in [1.54, 1.807) is 19.1 Å². The second-order valence-corrected chi connectivity index (χ2v) is 3.82. The van der Waals surface area contributed by atoms with Gasteiger partial charge in [0, 0.05) is 5.56 Å². The number of Topliss-reactive ketones (excluding diaryl/α,β-unsaturated/α-hetero) is 1. The molecule has 0 fully saturated rings. The number of rotatable bonds is 5. The van der Waals surface area contributed by atoms with Crippen LogP contribution in [0.15, 0.2) is 24.3 Å².